The maximum atomic E-state index is 6.34. The first-order chi connectivity index (χ1) is 7.08. The second kappa shape index (κ2) is 4.05. The van der Waals surface area contributed by atoms with Crippen molar-refractivity contribution in [1.82, 2.24) is 0 Å². The molecule has 0 radical (unpaired) electrons. The predicted octanol–water partition coefficient (Wildman–Crippen LogP) is 3.95. The van der Waals surface area contributed by atoms with E-state index in [0.717, 1.165) is 12.2 Å². The number of ether oxygens (including phenoxy) is 1. The Bertz CT molecular complexity index is 360. The molecule has 1 aromatic rings. The lowest BCUT2D eigenvalue weighted by Gasteiger charge is -2.14. The highest BCUT2D eigenvalue weighted by molar-refractivity contribution is 6.21. The van der Waals surface area contributed by atoms with Gasteiger partial charge in [-0.05, 0) is 30.0 Å². The van der Waals surface area contributed by atoms with Crippen molar-refractivity contribution in [2.75, 3.05) is 0 Å². The van der Waals surface area contributed by atoms with Crippen LogP contribution in [0.25, 0.3) is 0 Å². The summed E-state index contributed by atoms with van der Waals surface area (Å²) in [4.78, 5) is 0. The van der Waals surface area contributed by atoms with Gasteiger partial charge in [0.2, 0.25) is 0 Å². The molecule has 2 rings (SSSR count). The van der Waals surface area contributed by atoms with Gasteiger partial charge in [0.25, 0.3) is 0 Å². The van der Waals surface area contributed by atoms with Crippen molar-refractivity contribution in [3.63, 3.8) is 0 Å². The van der Waals surface area contributed by atoms with E-state index in [0.29, 0.717) is 12.0 Å². The monoisotopic (exact) mass is 224 g/mol. The van der Waals surface area contributed by atoms with Crippen LogP contribution in [0, 0.1) is 5.92 Å². The molecule has 1 aromatic carbocycles. The topological polar surface area (TPSA) is 9.23 Å². The number of rotatable bonds is 2. The van der Waals surface area contributed by atoms with Crippen molar-refractivity contribution in [2.24, 2.45) is 5.92 Å². The molecule has 0 spiro atoms. The summed E-state index contributed by atoms with van der Waals surface area (Å²) >= 11 is 6.34. The maximum Gasteiger partial charge on any atom is 0.123 e. The Hall–Kier alpha value is -0.690. The average molecular weight is 225 g/mol. The lowest BCUT2D eigenvalue weighted by molar-refractivity contribution is 0.254. The summed E-state index contributed by atoms with van der Waals surface area (Å²) < 4.78 is 5.66. The SMILES string of the molecule is CC1Cc2cc(C(Cl)C(C)C)ccc2O1. The molecule has 0 aliphatic carbocycles. The highest BCUT2D eigenvalue weighted by Gasteiger charge is 2.21. The molecule has 0 fully saturated rings. The van der Waals surface area contributed by atoms with Crippen molar-refractivity contribution in [2.45, 2.75) is 38.7 Å². The number of hydrogen-bond donors (Lipinski definition) is 0. The van der Waals surface area contributed by atoms with Gasteiger partial charge in [0.15, 0.2) is 0 Å². The van der Waals surface area contributed by atoms with Gasteiger partial charge in [-0.25, -0.2) is 0 Å². The molecule has 2 atom stereocenters. The summed E-state index contributed by atoms with van der Waals surface area (Å²) in [5, 5.41) is 0.103. The Morgan fingerprint density at radius 1 is 1.40 bits per heavy atom. The molecule has 1 aliphatic heterocycles. The summed E-state index contributed by atoms with van der Waals surface area (Å²) in [6, 6.07) is 6.32. The normalized spacial score (nSPS) is 21.3. The minimum absolute atomic E-state index is 0.103. The van der Waals surface area contributed by atoms with E-state index in [2.05, 4.69) is 32.9 Å². The van der Waals surface area contributed by atoms with Crippen molar-refractivity contribution in [3.8, 4) is 5.75 Å². The van der Waals surface area contributed by atoms with E-state index < -0.39 is 0 Å². The maximum absolute atomic E-state index is 6.34. The third-order valence-corrected chi connectivity index (χ3v) is 3.58. The fourth-order valence-electron chi connectivity index (χ4n) is 2.00. The van der Waals surface area contributed by atoms with Gasteiger partial charge in [-0.3, -0.25) is 0 Å². The zero-order valence-corrected chi connectivity index (χ0v) is 10.2. The van der Waals surface area contributed by atoms with Gasteiger partial charge in [0.1, 0.15) is 11.9 Å². The zero-order valence-electron chi connectivity index (χ0n) is 9.46. The molecule has 15 heavy (non-hydrogen) atoms. The van der Waals surface area contributed by atoms with Crippen molar-refractivity contribution < 1.29 is 4.74 Å². The zero-order chi connectivity index (χ0) is 11.0. The molecule has 0 saturated carbocycles. The fourth-order valence-corrected chi connectivity index (χ4v) is 2.13. The predicted molar refractivity (Wildman–Crippen MR) is 63.7 cm³/mol. The van der Waals surface area contributed by atoms with Crippen LogP contribution in [-0.2, 0) is 6.42 Å². The summed E-state index contributed by atoms with van der Waals surface area (Å²) in [6.45, 7) is 6.38. The van der Waals surface area contributed by atoms with E-state index in [1.807, 2.05) is 6.07 Å². The number of fused-ring (bicyclic) bond motifs is 1. The van der Waals surface area contributed by atoms with Crippen LogP contribution in [-0.4, -0.2) is 6.10 Å². The molecule has 1 aliphatic rings. The van der Waals surface area contributed by atoms with Crippen LogP contribution >= 0.6 is 11.6 Å². The standard InChI is InChI=1S/C13H17ClO/c1-8(2)13(14)10-4-5-12-11(7-10)6-9(3)15-12/h4-5,7-9,13H,6H2,1-3H3. The number of hydrogen-bond acceptors (Lipinski definition) is 1. The summed E-state index contributed by atoms with van der Waals surface area (Å²) in [6.07, 6.45) is 1.31. The first kappa shape index (κ1) is 10.8. The molecule has 82 valence electrons. The van der Waals surface area contributed by atoms with Gasteiger partial charge in [-0.2, -0.15) is 0 Å². The Kier molecular flexibility index (Phi) is 2.92. The summed E-state index contributed by atoms with van der Waals surface area (Å²) in [7, 11) is 0. The Morgan fingerprint density at radius 3 is 2.80 bits per heavy atom. The summed E-state index contributed by atoms with van der Waals surface area (Å²) in [5.41, 5.74) is 2.51. The van der Waals surface area contributed by atoms with Crippen molar-refractivity contribution >= 4 is 11.6 Å². The highest BCUT2D eigenvalue weighted by Crippen LogP contribution is 2.35. The van der Waals surface area contributed by atoms with Crippen LogP contribution in [0.3, 0.4) is 0 Å². The van der Waals surface area contributed by atoms with Crippen molar-refractivity contribution in [1.29, 1.82) is 0 Å². The third kappa shape index (κ3) is 2.12. The van der Waals surface area contributed by atoms with Crippen LogP contribution in [0.4, 0.5) is 0 Å². The van der Waals surface area contributed by atoms with Gasteiger partial charge < -0.3 is 4.74 Å². The highest BCUT2D eigenvalue weighted by atomic mass is 35.5. The second-order valence-electron chi connectivity index (χ2n) is 4.65. The lowest BCUT2D eigenvalue weighted by atomic mass is 9.99. The molecular weight excluding hydrogens is 208 g/mol. The molecule has 0 N–H and O–H groups in total. The first-order valence-electron chi connectivity index (χ1n) is 5.51. The average Bonchev–Trinajstić information content (AvgIpc) is 2.55. The Balaban J connectivity index is 2.27. The molecule has 0 aromatic heterocycles. The van der Waals surface area contributed by atoms with Gasteiger partial charge in [-0.1, -0.05) is 26.0 Å². The Morgan fingerprint density at radius 2 is 2.13 bits per heavy atom. The Labute approximate surface area is 96.4 Å². The van der Waals surface area contributed by atoms with Gasteiger partial charge in [0, 0.05) is 6.42 Å². The van der Waals surface area contributed by atoms with E-state index in [1.54, 1.807) is 0 Å². The van der Waals surface area contributed by atoms with Crippen LogP contribution in [0.2, 0.25) is 0 Å². The van der Waals surface area contributed by atoms with Crippen LogP contribution < -0.4 is 4.74 Å². The molecule has 2 unspecified atom stereocenters. The number of benzene rings is 1. The van der Waals surface area contributed by atoms with E-state index in [4.69, 9.17) is 16.3 Å². The van der Waals surface area contributed by atoms with Gasteiger partial charge >= 0.3 is 0 Å². The first-order valence-corrected chi connectivity index (χ1v) is 5.95. The molecule has 2 heteroatoms. The molecule has 0 amide bonds. The molecular formula is C13H17ClO. The van der Waals surface area contributed by atoms with Crippen LogP contribution in [0.15, 0.2) is 18.2 Å². The smallest absolute Gasteiger partial charge is 0.123 e. The molecule has 0 bridgehead atoms. The number of alkyl halides is 1. The quantitative estimate of drug-likeness (QED) is 0.692. The lowest BCUT2D eigenvalue weighted by Crippen LogP contribution is -2.05. The molecule has 0 saturated heterocycles. The van der Waals surface area contributed by atoms with Crippen LogP contribution in [0.1, 0.15) is 37.3 Å². The van der Waals surface area contributed by atoms with Gasteiger partial charge in [0.05, 0.1) is 5.38 Å². The van der Waals surface area contributed by atoms with E-state index in [9.17, 15) is 0 Å². The third-order valence-electron chi connectivity index (χ3n) is 2.82. The van der Waals surface area contributed by atoms with Crippen LogP contribution in [0.5, 0.6) is 5.75 Å². The number of halogens is 1. The minimum Gasteiger partial charge on any atom is -0.490 e. The fraction of sp³-hybridized carbons (Fsp3) is 0.538. The largest absolute Gasteiger partial charge is 0.490 e. The summed E-state index contributed by atoms with van der Waals surface area (Å²) in [5.74, 6) is 1.49. The molecule has 1 nitrogen and oxygen atoms in total. The van der Waals surface area contributed by atoms with E-state index in [-0.39, 0.29) is 5.38 Å². The second-order valence-corrected chi connectivity index (χ2v) is 5.12. The van der Waals surface area contributed by atoms with E-state index in [1.165, 1.54) is 11.1 Å². The van der Waals surface area contributed by atoms with E-state index >= 15 is 0 Å². The van der Waals surface area contributed by atoms with Gasteiger partial charge in [-0.15, -0.1) is 11.6 Å². The van der Waals surface area contributed by atoms with Crippen molar-refractivity contribution in [3.05, 3.63) is 29.3 Å². The molecule has 1 heterocycles. The minimum atomic E-state index is 0.103.